The molecule has 0 aliphatic heterocycles. The van der Waals surface area contributed by atoms with Crippen LogP contribution in [0.25, 0.3) is 0 Å². The molecule has 0 heterocycles. The number of aliphatic hydroxyl groups is 2. The van der Waals surface area contributed by atoms with Gasteiger partial charge in [0.15, 0.2) is 0 Å². The maximum Gasteiger partial charge on any atom is 0.0591 e. The predicted octanol–water partition coefficient (Wildman–Crippen LogP) is 6.42. The van der Waals surface area contributed by atoms with Gasteiger partial charge in [0.25, 0.3) is 0 Å². The van der Waals surface area contributed by atoms with Gasteiger partial charge in [0.05, 0.1) is 11.7 Å². The molecule has 0 unspecified atom stereocenters. The van der Waals surface area contributed by atoms with Crippen LogP contribution < -0.4 is 0 Å². The molecule has 2 nitrogen and oxygen atoms in total. The average Bonchev–Trinajstić information content (AvgIpc) is 2.98. The van der Waals surface area contributed by atoms with Crippen molar-refractivity contribution in [2.24, 2.45) is 34.5 Å². The Hall–Kier alpha value is -0.600. The van der Waals surface area contributed by atoms with Crippen molar-refractivity contribution >= 4 is 0 Å². The third-order valence-corrected chi connectivity index (χ3v) is 9.75. The molecule has 0 spiro atoms. The number of hydrogen-bond donors (Lipinski definition) is 2. The van der Waals surface area contributed by atoms with Crippen LogP contribution >= 0.6 is 0 Å². The van der Waals surface area contributed by atoms with Gasteiger partial charge in [-0.25, -0.2) is 0 Å². The van der Waals surface area contributed by atoms with Crippen LogP contribution in [0.4, 0.5) is 0 Å². The van der Waals surface area contributed by atoms with E-state index >= 15 is 0 Å². The van der Waals surface area contributed by atoms with Crippen molar-refractivity contribution in [1.82, 2.24) is 0 Å². The summed E-state index contributed by atoms with van der Waals surface area (Å²) in [5, 5.41) is 20.3. The Morgan fingerprint density at radius 1 is 1.07 bits per heavy atom. The SMILES string of the molecule is C[C@H](CCCC(C)(C)O)[C@@H]1CC[C@@H]2C3=CC=C4C[C@H](O)CC[C@]4(C)[C@@H]3CC[C@@]21C. The van der Waals surface area contributed by atoms with Gasteiger partial charge in [0.2, 0.25) is 0 Å². The Kier molecular flexibility index (Phi) is 5.61. The maximum atomic E-state index is 10.2. The van der Waals surface area contributed by atoms with Crippen LogP contribution in [0.3, 0.4) is 0 Å². The Labute approximate surface area is 178 Å². The van der Waals surface area contributed by atoms with E-state index in [4.69, 9.17) is 0 Å². The van der Waals surface area contributed by atoms with Crippen LogP contribution in [0.1, 0.15) is 98.8 Å². The molecule has 0 aromatic carbocycles. The van der Waals surface area contributed by atoms with Gasteiger partial charge < -0.3 is 10.2 Å². The molecule has 164 valence electrons. The van der Waals surface area contributed by atoms with E-state index in [1.54, 1.807) is 5.57 Å². The first-order chi connectivity index (χ1) is 13.5. The van der Waals surface area contributed by atoms with E-state index < -0.39 is 5.60 Å². The summed E-state index contributed by atoms with van der Waals surface area (Å²) in [6.07, 6.45) is 16.5. The molecular weight excluding hydrogens is 356 g/mol. The van der Waals surface area contributed by atoms with Gasteiger partial charge in [-0.3, -0.25) is 0 Å². The highest BCUT2D eigenvalue weighted by molar-refractivity contribution is 5.38. The molecule has 0 aromatic heterocycles. The van der Waals surface area contributed by atoms with E-state index in [2.05, 4.69) is 32.9 Å². The normalized spacial score (nSPS) is 43.0. The Balaban J connectivity index is 1.51. The monoisotopic (exact) mass is 400 g/mol. The molecule has 29 heavy (non-hydrogen) atoms. The van der Waals surface area contributed by atoms with Crippen molar-refractivity contribution in [1.29, 1.82) is 0 Å². The van der Waals surface area contributed by atoms with Crippen LogP contribution in [0.5, 0.6) is 0 Å². The minimum Gasteiger partial charge on any atom is -0.393 e. The second-order valence-corrected chi connectivity index (χ2v) is 12.2. The summed E-state index contributed by atoms with van der Waals surface area (Å²) < 4.78 is 0. The van der Waals surface area contributed by atoms with Crippen molar-refractivity contribution in [3.05, 3.63) is 23.3 Å². The Bertz CT molecular complexity index is 683. The van der Waals surface area contributed by atoms with Gasteiger partial charge in [0, 0.05) is 0 Å². The van der Waals surface area contributed by atoms with Crippen molar-refractivity contribution in [2.75, 3.05) is 0 Å². The minimum absolute atomic E-state index is 0.126. The van der Waals surface area contributed by atoms with Crippen LogP contribution in [-0.4, -0.2) is 21.9 Å². The molecule has 2 heteroatoms. The highest BCUT2D eigenvalue weighted by atomic mass is 16.3. The Morgan fingerprint density at radius 2 is 1.83 bits per heavy atom. The fourth-order valence-corrected chi connectivity index (χ4v) is 8.02. The van der Waals surface area contributed by atoms with Gasteiger partial charge in [0.1, 0.15) is 0 Å². The highest BCUT2D eigenvalue weighted by Gasteiger charge is 2.56. The molecule has 4 rings (SSSR count). The number of fused-ring (bicyclic) bond motifs is 5. The second kappa shape index (κ2) is 7.52. The van der Waals surface area contributed by atoms with Gasteiger partial charge in [-0.15, -0.1) is 0 Å². The summed E-state index contributed by atoms with van der Waals surface area (Å²) in [5.74, 6) is 3.03. The molecule has 3 saturated carbocycles. The van der Waals surface area contributed by atoms with Gasteiger partial charge in [-0.2, -0.15) is 0 Å². The van der Waals surface area contributed by atoms with E-state index in [0.717, 1.165) is 49.9 Å². The summed E-state index contributed by atoms with van der Waals surface area (Å²) in [4.78, 5) is 0. The standard InChI is InChI=1S/C27H44O2/c1-18(7-6-14-25(2,3)29)22-10-11-23-21-9-8-19-17-20(28)12-15-26(19,4)24(21)13-16-27(22,23)5/h8-9,18,20,22-24,28-29H,6-7,10-17H2,1-5H3/t18-,20-,22+,23-,24-,26+,27-/m1/s1. The Morgan fingerprint density at radius 3 is 2.55 bits per heavy atom. The number of aliphatic hydroxyl groups excluding tert-OH is 1. The third kappa shape index (κ3) is 3.78. The van der Waals surface area contributed by atoms with Crippen LogP contribution in [0.15, 0.2) is 23.3 Å². The lowest BCUT2D eigenvalue weighted by Gasteiger charge is -2.55. The lowest BCUT2D eigenvalue weighted by Crippen LogP contribution is -2.46. The fourth-order valence-electron chi connectivity index (χ4n) is 8.02. The summed E-state index contributed by atoms with van der Waals surface area (Å²) >= 11 is 0. The van der Waals surface area contributed by atoms with Gasteiger partial charge in [-0.05, 0) is 99.7 Å². The zero-order valence-corrected chi connectivity index (χ0v) is 19.5. The van der Waals surface area contributed by atoms with E-state index in [-0.39, 0.29) is 6.10 Å². The van der Waals surface area contributed by atoms with E-state index in [9.17, 15) is 10.2 Å². The molecule has 4 aliphatic carbocycles. The van der Waals surface area contributed by atoms with Crippen molar-refractivity contribution < 1.29 is 10.2 Å². The molecule has 0 radical (unpaired) electrons. The summed E-state index contributed by atoms with van der Waals surface area (Å²) in [5.41, 5.74) is 3.49. The zero-order chi connectivity index (χ0) is 21.0. The van der Waals surface area contributed by atoms with E-state index in [1.165, 1.54) is 37.7 Å². The van der Waals surface area contributed by atoms with Crippen molar-refractivity contribution in [2.45, 2.75) is 111 Å². The first kappa shape index (κ1) is 21.6. The highest BCUT2D eigenvalue weighted by Crippen LogP contribution is 2.66. The molecule has 0 aromatic rings. The minimum atomic E-state index is -0.528. The molecule has 2 N–H and O–H groups in total. The fraction of sp³-hybridized carbons (Fsp3) is 0.852. The van der Waals surface area contributed by atoms with Crippen LogP contribution in [-0.2, 0) is 0 Å². The molecule has 7 atom stereocenters. The average molecular weight is 401 g/mol. The molecule has 0 bridgehead atoms. The summed E-state index contributed by atoms with van der Waals surface area (Å²) in [6, 6.07) is 0. The van der Waals surface area contributed by atoms with Crippen LogP contribution in [0.2, 0.25) is 0 Å². The first-order valence-corrected chi connectivity index (χ1v) is 12.4. The van der Waals surface area contributed by atoms with E-state index in [1.807, 2.05) is 13.8 Å². The smallest absolute Gasteiger partial charge is 0.0591 e. The van der Waals surface area contributed by atoms with Gasteiger partial charge in [-0.1, -0.05) is 56.9 Å². The third-order valence-electron chi connectivity index (χ3n) is 9.75. The molecule has 4 aliphatic rings. The molecular formula is C27H44O2. The first-order valence-electron chi connectivity index (χ1n) is 12.4. The second-order valence-electron chi connectivity index (χ2n) is 12.2. The number of rotatable bonds is 5. The topological polar surface area (TPSA) is 40.5 Å². The number of allylic oxidation sites excluding steroid dienone is 3. The van der Waals surface area contributed by atoms with Crippen molar-refractivity contribution in [3.8, 4) is 0 Å². The van der Waals surface area contributed by atoms with Gasteiger partial charge >= 0.3 is 0 Å². The largest absolute Gasteiger partial charge is 0.393 e. The molecule has 0 saturated heterocycles. The van der Waals surface area contributed by atoms with Crippen LogP contribution in [0, 0.1) is 34.5 Å². The molecule has 0 amide bonds. The maximum absolute atomic E-state index is 10.2. The predicted molar refractivity (Wildman–Crippen MR) is 120 cm³/mol. The zero-order valence-electron chi connectivity index (χ0n) is 19.5. The van der Waals surface area contributed by atoms with Crippen molar-refractivity contribution in [3.63, 3.8) is 0 Å². The lowest BCUT2D eigenvalue weighted by molar-refractivity contribution is 0.0298. The van der Waals surface area contributed by atoms with E-state index in [0.29, 0.717) is 16.7 Å². The summed E-state index contributed by atoms with van der Waals surface area (Å²) in [6.45, 7) is 11.5. The summed E-state index contributed by atoms with van der Waals surface area (Å²) in [7, 11) is 0. The number of hydrogen-bond acceptors (Lipinski definition) is 2. The quantitative estimate of drug-likeness (QED) is 0.559. The lowest BCUT2D eigenvalue weighted by atomic mass is 9.50. The molecule has 3 fully saturated rings.